The summed E-state index contributed by atoms with van der Waals surface area (Å²) < 4.78 is 0. The molecule has 0 aliphatic rings. The molecule has 0 saturated heterocycles. The molecule has 0 aliphatic carbocycles. The van der Waals surface area contributed by atoms with Gasteiger partial charge in [0.1, 0.15) is 0 Å². The fourth-order valence-electron chi connectivity index (χ4n) is 2.20. The van der Waals surface area contributed by atoms with Gasteiger partial charge >= 0.3 is 0 Å². The molecule has 1 nitrogen and oxygen atoms in total. The first-order chi connectivity index (χ1) is 7.61. The van der Waals surface area contributed by atoms with Crippen LogP contribution < -0.4 is 0 Å². The average molecular weight is 219 g/mol. The minimum absolute atomic E-state index is 0.735. The highest BCUT2D eigenvalue weighted by Gasteiger charge is 2.06. The summed E-state index contributed by atoms with van der Waals surface area (Å²) in [5, 5.41) is 0. The molecule has 1 rings (SSSR count). The Morgan fingerprint density at radius 3 is 2.38 bits per heavy atom. The molecule has 0 heterocycles. The summed E-state index contributed by atoms with van der Waals surface area (Å²) >= 11 is 0. The Hall–Kier alpha value is -0.820. The van der Waals surface area contributed by atoms with E-state index in [0.29, 0.717) is 0 Å². The minimum Gasteiger partial charge on any atom is -0.306 e. The first kappa shape index (κ1) is 13.2. The zero-order valence-electron chi connectivity index (χ0n) is 11.2. The van der Waals surface area contributed by atoms with E-state index in [0.717, 1.165) is 5.92 Å². The molecule has 0 radical (unpaired) electrons. The number of hydrogen-bond acceptors (Lipinski definition) is 1. The molecule has 16 heavy (non-hydrogen) atoms. The lowest BCUT2D eigenvalue weighted by molar-refractivity contribution is 0.285. The quantitative estimate of drug-likeness (QED) is 0.707. The summed E-state index contributed by atoms with van der Waals surface area (Å²) in [6.07, 6.45) is 2.43. The minimum atomic E-state index is 0.735. The van der Waals surface area contributed by atoms with Gasteiger partial charge in [-0.25, -0.2) is 0 Å². The summed E-state index contributed by atoms with van der Waals surface area (Å²) in [5.74, 6) is 0.735. The predicted molar refractivity (Wildman–Crippen MR) is 71.8 cm³/mol. The number of nitrogens with zero attached hydrogens (tertiary/aromatic N) is 1. The summed E-state index contributed by atoms with van der Waals surface area (Å²) in [6.45, 7) is 9.12. The maximum atomic E-state index is 2.43. The van der Waals surface area contributed by atoms with E-state index in [9.17, 15) is 0 Å². The molecule has 1 aromatic rings. The molecule has 0 spiro atoms. The zero-order valence-corrected chi connectivity index (χ0v) is 11.2. The number of benzene rings is 1. The lowest BCUT2D eigenvalue weighted by Crippen LogP contribution is -2.26. The van der Waals surface area contributed by atoms with E-state index in [1.54, 1.807) is 0 Å². The molecular formula is C15H25N. The van der Waals surface area contributed by atoms with Crippen LogP contribution in [0.15, 0.2) is 24.3 Å². The third-order valence-electron chi connectivity index (χ3n) is 2.93. The van der Waals surface area contributed by atoms with Crippen LogP contribution in [-0.2, 0) is 6.42 Å². The Labute approximate surface area is 100 Å². The van der Waals surface area contributed by atoms with Crippen molar-refractivity contribution in [2.24, 2.45) is 5.92 Å². The Bertz CT molecular complexity index is 289. The molecule has 1 atom stereocenters. The van der Waals surface area contributed by atoms with E-state index < -0.39 is 0 Å². The number of aryl methyl sites for hydroxylation is 1. The molecule has 0 bridgehead atoms. The van der Waals surface area contributed by atoms with E-state index >= 15 is 0 Å². The molecule has 0 aromatic heterocycles. The summed E-state index contributed by atoms with van der Waals surface area (Å²) in [4.78, 5) is 2.43. The Morgan fingerprint density at radius 2 is 1.81 bits per heavy atom. The highest BCUT2D eigenvalue weighted by atomic mass is 15.1. The Morgan fingerprint density at radius 1 is 1.19 bits per heavy atom. The highest BCUT2D eigenvalue weighted by molar-refractivity contribution is 5.21. The van der Waals surface area contributed by atoms with Gasteiger partial charge in [-0.1, -0.05) is 43.7 Å². The first-order valence-corrected chi connectivity index (χ1v) is 6.36. The van der Waals surface area contributed by atoms with E-state index in [2.05, 4.69) is 57.0 Å². The predicted octanol–water partition coefficient (Wildman–Crippen LogP) is 3.52. The normalized spacial score (nSPS) is 13.1. The lowest BCUT2D eigenvalue weighted by atomic mass is 10.00. The van der Waals surface area contributed by atoms with E-state index in [1.165, 1.54) is 37.1 Å². The van der Waals surface area contributed by atoms with Gasteiger partial charge in [0.25, 0.3) is 0 Å². The van der Waals surface area contributed by atoms with Gasteiger partial charge in [-0.05, 0) is 44.8 Å². The maximum absolute atomic E-state index is 2.43. The van der Waals surface area contributed by atoms with Gasteiger partial charge in [-0.15, -0.1) is 0 Å². The molecule has 0 fully saturated rings. The van der Waals surface area contributed by atoms with Gasteiger partial charge in [0.2, 0.25) is 0 Å². The largest absolute Gasteiger partial charge is 0.306 e. The van der Waals surface area contributed by atoms with E-state index in [-0.39, 0.29) is 0 Å². The topological polar surface area (TPSA) is 3.24 Å². The smallest absolute Gasteiger partial charge is 0.000714 e. The second-order valence-corrected chi connectivity index (χ2v) is 5.06. The van der Waals surface area contributed by atoms with Crippen molar-refractivity contribution in [2.75, 3.05) is 20.1 Å². The molecule has 0 amide bonds. The standard InChI is InChI=1S/C15H25N/c1-5-10-16(4)12-14(3)11-15-8-6-13(2)7-9-15/h6-9,14H,5,10-12H2,1-4H3. The lowest BCUT2D eigenvalue weighted by Gasteiger charge is -2.20. The fraction of sp³-hybridized carbons (Fsp3) is 0.600. The molecule has 0 saturated carbocycles. The summed E-state index contributed by atoms with van der Waals surface area (Å²) in [5.41, 5.74) is 2.81. The van der Waals surface area contributed by atoms with Crippen LogP contribution in [-0.4, -0.2) is 25.0 Å². The van der Waals surface area contributed by atoms with Crippen molar-refractivity contribution in [1.29, 1.82) is 0 Å². The van der Waals surface area contributed by atoms with Crippen molar-refractivity contribution in [3.63, 3.8) is 0 Å². The molecule has 1 aromatic carbocycles. The summed E-state index contributed by atoms with van der Waals surface area (Å²) in [7, 11) is 2.22. The molecular weight excluding hydrogens is 194 g/mol. The van der Waals surface area contributed by atoms with Crippen LogP contribution in [0.1, 0.15) is 31.4 Å². The van der Waals surface area contributed by atoms with Crippen LogP contribution in [0.5, 0.6) is 0 Å². The van der Waals surface area contributed by atoms with Crippen LogP contribution in [0, 0.1) is 12.8 Å². The fourth-order valence-corrected chi connectivity index (χ4v) is 2.20. The molecule has 90 valence electrons. The third kappa shape index (κ3) is 4.80. The zero-order chi connectivity index (χ0) is 12.0. The van der Waals surface area contributed by atoms with E-state index in [1.807, 2.05) is 0 Å². The van der Waals surface area contributed by atoms with Gasteiger partial charge in [-0.3, -0.25) is 0 Å². The van der Waals surface area contributed by atoms with Gasteiger partial charge in [0.15, 0.2) is 0 Å². The molecule has 1 heteroatoms. The highest BCUT2D eigenvalue weighted by Crippen LogP contribution is 2.10. The maximum Gasteiger partial charge on any atom is 0.000714 e. The van der Waals surface area contributed by atoms with Crippen LogP contribution in [0.4, 0.5) is 0 Å². The monoisotopic (exact) mass is 219 g/mol. The first-order valence-electron chi connectivity index (χ1n) is 6.36. The second kappa shape index (κ2) is 6.70. The Balaban J connectivity index is 2.39. The number of hydrogen-bond donors (Lipinski definition) is 0. The van der Waals surface area contributed by atoms with Crippen molar-refractivity contribution in [1.82, 2.24) is 4.90 Å². The molecule has 0 aliphatic heterocycles. The molecule has 1 unspecified atom stereocenters. The Kier molecular flexibility index (Phi) is 5.54. The average Bonchev–Trinajstić information content (AvgIpc) is 2.21. The SMILES string of the molecule is CCCN(C)CC(C)Cc1ccc(C)cc1. The van der Waals surface area contributed by atoms with E-state index in [4.69, 9.17) is 0 Å². The van der Waals surface area contributed by atoms with Gasteiger partial charge in [-0.2, -0.15) is 0 Å². The second-order valence-electron chi connectivity index (χ2n) is 5.06. The van der Waals surface area contributed by atoms with Crippen molar-refractivity contribution < 1.29 is 0 Å². The van der Waals surface area contributed by atoms with Crippen LogP contribution in [0.25, 0.3) is 0 Å². The van der Waals surface area contributed by atoms with Crippen molar-refractivity contribution in [3.05, 3.63) is 35.4 Å². The van der Waals surface area contributed by atoms with Crippen molar-refractivity contribution >= 4 is 0 Å². The van der Waals surface area contributed by atoms with Crippen molar-refractivity contribution in [3.8, 4) is 0 Å². The van der Waals surface area contributed by atoms with Gasteiger partial charge in [0, 0.05) is 6.54 Å². The van der Waals surface area contributed by atoms with Gasteiger partial charge in [0.05, 0.1) is 0 Å². The van der Waals surface area contributed by atoms with Crippen LogP contribution >= 0.6 is 0 Å². The molecule has 0 N–H and O–H groups in total. The van der Waals surface area contributed by atoms with Crippen LogP contribution in [0.3, 0.4) is 0 Å². The number of rotatable bonds is 6. The van der Waals surface area contributed by atoms with Crippen molar-refractivity contribution in [2.45, 2.75) is 33.6 Å². The van der Waals surface area contributed by atoms with Crippen LogP contribution in [0.2, 0.25) is 0 Å². The third-order valence-corrected chi connectivity index (χ3v) is 2.93. The summed E-state index contributed by atoms with van der Waals surface area (Å²) in [6, 6.07) is 8.92. The van der Waals surface area contributed by atoms with Gasteiger partial charge < -0.3 is 4.90 Å².